The van der Waals surface area contributed by atoms with Crippen LogP contribution < -0.4 is 0 Å². The molecule has 88 valence electrons. The Morgan fingerprint density at radius 3 is 2.53 bits per heavy atom. The second-order valence-corrected chi connectivity index (χ2v) is 5.76. The van der Waals surface area contributed by atoms with Gasteiger partial charge in [0.15, 0.2) is 0 Å². The fourth-order valence-corrected chi connectivity index (χ4v) is 3.43. The Kier molecular flexibility index (Phi) is 3.36. The van der Waals surface area contributed by atoms with Crippen molar-refractivity contribution in [1.29, 1.82) is 0 Å². The monoisotopic (exact) mass is 211 g/mol. The van der Waals surface area contributed by atoms with Gasteiger partial charge >= 0.3 is 0 Å². The Morgan fingerprint density at radius 2 is 1.93 bits per heavy atom. The van der Waals surface area contributed by atoms with Crippen molar-refractivity contribution in [2.24, 2.45) is 0 Å². The van der Waals surface area contributed by atoms with Crippen LogP contribution in [0.2, 0.25) is 0 Å². The first kappa shape index (κ1) is 11.4. The first-order valence-electron chi connectivity index (χ1n) is 6.59. The third-order valence-electron chi connectivity index (χ3n) is 4.24. The van der Waals surface area contributed by atoms with Crippen LogP contribution in [-0.2, 0) is 0 Å². The highest BCUT2D eigenvalue weighted by molar-refractivity contribution is 4.92. The standard InChI is InChI=1S/C13H25NO/c1-11(2)14-9-5-6-12(14)10-13(15)7-3-4-8-13/h11-12,15H,3-10H2,1-2H3. The van der Waals surface area contributed by atoms with E-state index in [1.807, 2.05) is 0 Å². The quantitative estimate of drug-likeness (QED) is 0.775. The minimum atomic E-state index is -0.317. The molecule has 1 atom stereocenters. The SMILES string of the molecule is CC(C)N1CCCC1CC1(O)CCCC1. The zero-order chi connectivity index (χ0) is 10.9. The van der Waals surface area contributed by atoms with Crippen molar-refractivity contribution in [3.05, 3.63) is 0 Å². The van der Waals surface area contributed by atoms with Crippen molar-refractivity contribution >= 4 is 0 Å². The van der Waals surface area contributed by atoms with Gasteiger partial charge in [-0.2, -0.15) is 0 Å². The van der Waals surface area contributed by atoms with Gasteiger partial charge in [0.2, 0.25) is 0 Å². The van der Waals surface area contributed by atoms with Crippen LogP contribution in [0.25, 0.3) is 0 Å². The molecule has 0 aromatic rings. The number of likely N-dealkylation sites (tertiary alicyclic amines) is 1. The van der Waals surface area contributed by atoms with E-state index < -0.39 is 0 Å². The number of aliphatic hydroxyl groups is 1. The molecule has 0 aromatic heterocycles. The summed E-state index contributed by atoms with van der Waals surface area (Å²) in [6.07, 6.45) is 8.16. The molecular weight excluding hydrogens is 186 g/mol. The van der Waals surface area contributed by atoms with E-state index in [4.69, 9.17) is 0 Å². The van der Waals surface area contributed by atoms with Crippen molar-refractivity contribution in [3.8, 4) is 0 Å². The van der Waals surface area contributed by atoms with Gasteiger partial charge in [-0.3, -0.25) is 4.90 Å². The van der Waals surface area contributed by atoms with Gasteiger partial charge in [-0.1, -0.05) is 12.8 Å². The van der Waals surface area contributed by atoms with Crippen LogP contribution in [0.5, 0.6) is 0 Å². The van der Waals surface area contributed by atoms with E-state index in [2.05, 4.69) is 18.7 Å². The number of hydrogen-bond donors (Lipinski definition) is 1. The molecule has 2 rings (SSSR count). The van der Waals surface area contributed by atoms with Crippen molar-refractivity contribution in [3.63, 3.8) is 0 Å². The lowest BCUT2D eigenvalue weighted by atomic mass is 9.92. The topological polar surface area (TPSA) is 23.5 Å². The molecule has 2 fully saturated rings. The van der Waals surface area contributed by atoms with E-state index in [0.717, 1.165) is 19.3 Å². The molecule has 0 spiro atoms. The van der Waals surface area contributed by atoms with Crippen molar-refractivity contribution in [2.45, 2.75) is 76.5 Å². The minimum Gasteiger partial charge on any atom is -0.390 e. The molecule has 0 bridgehead atoms. The Hall–Kier alpha value is -0.0800. The number of hydrogen-bond acceptors (Lipinski definition) is 2. The second kappa shape index (κ2) is 4.42. The molecule has 1 unspecified atom stereocenters. The summed E-state index contributed by atoms with van der Waals surface area (Å²) in [7, 11) is 0. The molecule has 2 aliphatic rings. The molecule has 1 aliphatic heterocycles. The predicted molar refractivity (Wildman–Crippen MR) is 62.9 cm³/mol. The van der Waals surface area contributed by atoms with Crippen LogP contribution in [0.4, 0.5) is 0 Å². The Bertz CT molecular complexity index is 209. The average molecular weight is 211 g/mol. The fourth-order valence-electron chi connectivity index (χ4n) is 3.43. The predicted octanol–water partition coefficient (Wildman–Crippen LogP) is 2.55. The highest BCUT2D eigenvalue weighted by Crippen LogP contribution is 2.37. The van der Waals surface area contributed by atoms with Crippen molar-refractivity contribution < 1.29 is 5.11 Å². The summed E-state index contributed by atoms with van der Waals surface area (Å²) in [4.78, 5) is 2.58. The van der Waals surface area contributed by atoms with Gasteiger partial charge in [0, 0.05) is 12.1 Å². The van der Waals surface area contributed by atoms with E-state index >= 15 is 0 Å². The van der Waals surface area contributed by atoms with Crippen molar-refractivity contribution in [1.82, 2.24) is 4.90 Å². The van der Waals surface area contributed by atoms with E-state index in [0.29, 0.717) is 12.1 Å². The Morgan fingerprint density at radius 1 is 1.27 bits per heavy atom. The molecule has 0 aromatic carbocycles. The summed E-state index contributed by atoms with van der Waals surface area (Å²) in [5, 5.41) is 10.4. The number of rotatable bonds is 3. The molecule has 15 heavy (non-hydrogen) atoms. The third-order valence-corrected chi connectivity index (χ3v) is 4.24. The lowest BCUT2D eigenvalue weighted by Crippen LogP contribution is -2.41. The van der Waals surface area contributed by atoms with Gasteiger partial charge in [0.25, 0.3) is 0 Å². The third kappa shape index (κ3) is 2.54. The van der Waals surface area contributed by atoms with Gasteiger partial charge < -0.3 is 5.11 Å². The maximum Gasteiger partial charge on any atom is 0.0662 e. The molecule has 1 N–H and O–H groups in total. The average Bonchev–Trinajstić information content (AvgIpc) is 2.75. The lowest BCUT2D eigenvalue weighted by Gasteiger charge is -2.33. The molecule has 1 aliphatic carbocycles. The fraction of sp³-hybridized carbons (Fsp3) is 1.00. The Labute approximate surface area is 93.7 Å². The maximum atomic E-state index is 10.4. The van der Waals surface area contributed by atoms with Crippen LogP contribution in [0, 0.1) is 0 Å². The summed E-state index contributed by atoms with van der Waals surface area (Å²) in [5.41, 5.74) is -0.317. The zero-order valence-corrected chi connectivity index (χ0v) is 10.2. The normalized spacial score (nSPS) is 31.6. The van der Waals surface area contributed by atoms with E-state index in [9.17, 15) is 5.11 Å². The first-order valence-corrected chi connectivity index (χ1v) is 6.59. The van der Waals surface area contributed by atoms with E-state index in [1.165, 1.54) is 32.2 Å². The second-order valence-electron chi connectivity index (χ2n) is 5.76. The summed E-state index contributed by atoms with van der Waals surface area (Å²) < 4.78 is 0. The molecule has 2 heteroatoms. The largest absolute Gasteiger partial charge is 0.390 e. The molecule has 0 amide bonds. The molecule has 0 radical (unpaired) electrons. The van der Waals surface area contributed by atoms with Crippen molar-refractivity contribution in [2.75, 3.05) is 6.54 Å². The van der Waals surface area contributed by atoms with Gasteiger partial charge in [-0.05, 0) is 52.5 Å². The summed E-state index contributed by atoms with van der Waals surface area (Å²) in [6, 6.07) is 1.29. The lowest BCUT2D eigenvalue weighted by molar-refractivity contribution is 0.0107. The van der Waals surface area contributed by atoms with E-state index in [1.54, 1.807) is 0 Å². The highest BCUT2D eigenvalue weighted by atomic mass is 16.3. The number of nitrogens with zero attached hydrogens (tertiary/aromatic N) is 1. The summed E-state index contributed by atoms with van der Waals surface area (Å²) >= 11 is 0. The maximum absolute atomic E-state index is 10.4. The van der Waals surface area contributed by atoms with Crippen LogP contribution in [0.1, 0.15) is 58.8 Å². The van der Waals surface area contributed by atoms with Gasteiger partial charge in [-0.15, -0.1) is 0 Å². The first-order chi connectivity index (χ1) is 7.11. The van der Waals surface area contributed by atoms with Gasteiger partial charge in [-0.25, -0.2) is 0 Å². The van der Waals surface area contributed by atoms with Crippen LogP contribution >= 0.6 is 0 Å². The molecular formula is C13H25NO. The summed E-state index contributed by atoms with van der Waals surface area (Å²) in [6.45, 7) is 5.78. The van der Waals surface area contributed by atoms with Crippen LogP contribution in [0.15, 0.2) is 0 Å². The smallest absolute Gasteiger partial charge is 0.0662 e. The highest BCUT2D eigenvalue weighted by Gasteiger charge is 2.37. The van der Waals surface area contributed by atoms with Gasteiger partial charge in [0.05, 0.1) is 5.60 Å². The van der Waals surface area contributed by atoms with Crippen LogP contribution in [-0.4, -0.2) is 34.2 Å². The molecule has 1 saturated heterocycles. The molecule has 1 saturated carbocycles. The minimum absolute atomic E-state index is 0.317. The van der Waals surface area contributed by atoms with Gasteiger partial charge in [0.1, 0.15) is 0 Å². The van der Waals surface area contributed by atoms with E-state index in [-0.39, 0.29) is 5.60 Å². The molecule has 2 nitrogen and oxygen atoms in total. The molecule has 1 heterocycles. The summed E-state index contributed by atoms with van der Waals surface area (Å²) in [5.74, 6) is 0. The Balaban J connectivity index is 1.92. The van der Waals surface area contributed by atoms with Crippen LogP contribution in [0.3, 0.4) is 0 Å². The zero-order valence-electron chi connectivity index (χ0n) is 10.2.